The number of hydrogen-bond acceptors (Lipinski definition) is 6. The second-order valence-electron chi connectivity index (χ2n) is 6.18. The SMILES string of the molecule is CC(Nc1ncnc2nc[nH]c12)c1nc2cccnc2n1-c1ccccc1. The van der Waals surface area contributed by atoms with Crippen LogP contribution in [0.3, 0.4) is 0 Å². The van der Waals surface area contributed by atoms with Gasteiger partial charge in [0, 0.05) is 11.9 Å². The summed E-state index contributed by atoms with van der Waals surface area (Å²) in [7, 11) is 0. The Morgan fingerprint density at radius 1 is 1.00 bits per heavy atom. The molecule has 4 heterocycles. The summed E-state index contributed by atoms with van der Waals surface area (Å²) < 4.78 is 2.07. The monoisotopic (exact) mass is 356 g/mol. The first-order valence-electron chi connectivity index (χ1n) is 8.60. The van der Waals surface area contributed by atoms with E-state index in [0.29, 0.717) is 11.5 Å². The molecular weight excluding hydrogens is 340 g/mol. The molecule has 1 aromatic carbocycles. The Morgan fingerprint density at radius 2 is 1.89 bits per heavy atom. The van der Waals surface area contributed by atoms with E-state index in [1.165, 1.54) is 6.33 Å². The Balaban J connectivity index is 1.63. The molecule has 0 fully saturated rings. The van der Waals surface area contributed by atoms with Crippen molar-refractivity contribution < 1.29 is 0 Å². The third kappa shape index (κ3) is 2.58. The third-order valence-electron chi connectivity index (χ3n) is 4.42. The Kier molecular flexibility index (Phi) is 3.53. The van der Waals surface area contributed by atoms with E-state index in [2.05, 4.69) is 34.8 Å². The van der Waals surface area contributed by atoms with E-state index in [-0.39, 0.29) is 6.04 Å². The van der Waals surface area contributed by atoms with Gasteiger partial charge in [-0.1, -0.05) is 18.2 Å². The van der Waals surface area contributed by atoms with Gasteiger partial charge in [0.25, 0.3) is 0 Å². The Morgan fingerprint density at radius 3 is 2.78 bits per heavy atom. The van der Waals surface area contributed by atoms with Crippen LogP contribution < -0.4 is 5.32 Å². The molecule has 0 amide bonds. The van der Waals surface area contributed by atoms with E-state index >= 15 is 0 Å². The Bertz CT molecular complexity index is 1220. The summed E-state index contributed by atoms with van der Waals surface area (Å²) in [4.78, 5) is 25.1. The average Bonchev–Trinajstić information content (AvgIpc) is 3.34. The summed E-state index contributed by atoms with van der Waals surface area (Å²) in [5.41, 5.74) is 4.07. The summed E-state index contributed by atoms with van der Waals surface area (Å²) in [6, 6.07) is 13.8. The van der Waals surface area contributed by atoms with Gasteiger partial charge < -0.3 is 10.3 Å². The zero-order chi connectivity index (χ0) is 18.2. The van der Waals surface area contributed by atoms with Gasteiger partial charge >= 0.3 is 0 Å². The molecule has 0 radical (unpaired) electrons. The number of benzene rings is 1. The molecule has 0 aliphatic rings. The number of aromatic amines is 1. The van der Waals surface area contributed by atoms with Crippen molar-refractivity contribution in [2.45, 2.75) is 13.0 Å². The van der Waals surface area contributed by atoms with Gasteiger partial charge in [-0.05, 0) is 31.2 Å². The van der Waals surface area contributed by atoms with Crippen LogP contribution in [0, 0.1) is 0 Å². The van der Waals surface area contributed by atoms with Crippen LogP contribution in [0.15, 0.2) is 61.3 Å². The minimum absolute atomic E-state index is 0.124. The largest absolute Gasteiger partial charge is 0.358 e. The minimum Gasteiger partial charge on any atom is -0.358 e. The second-order valence-corrected chi connectivity index (χ2v) is 6.18. The lowest BCUT2D eigenvalue weighted by Crippen LogP contribution is -2.14. The van der Waals surface area contributed by atoms with Crippen LogP contribution in [0.2, 0.25) is 0 Å². The fourth-order valence-corrected chi connectivity index (χ4v) is 3.20. The van der Waals surface area contributed by atoms with Crippen LogP contribution >= 0.6 is 0 Å². The molecule has 0 aliphatic heterocycles. The number of aromatic nitrogens is 7. The van der Waals surface area contributed by atoms with Crippen molar-refractivity contribution in [3.8, 4) is 5.69 Å². The Hall–Kier alpha value is -3.81. The molecule has 5 aromatic rings. The number of H-pyrrole nitrogens is 1. The van der Waals surface area contributed by atoms with Crippen LogP contribution in [-0.4, -0.2) is 34.5 Å². The molecule has 4 aromatic heterocycles. The topological polar surface area (TPSA) is 97.2 Å². The van der Waals surface area contributed by atoms with Crippen molar-refractivity contribution in [3.63, 3.8) is 0 Å². The molecule has 0 bridgehead atoms. The Labute approximate surface area is 154 Å². The molecule has 1 atom stereocenters. The highest BCUT2D eigenvalue weighted by Gasteiger charge is 2.20. The van der Waals surface area contributed by atoms with Crippen molar-refractivity contribution in [2.75, 3.05) is 5.32 Å². The minimum atomic E-state index is -0.124. The fourth-order valence-electron chi connectivity index (χ4n) is 3.20. The summed E-state index contributed by atoms with van der Waals surface area (Å²) in [6.07, 6.45) is 4.89. The molecule has 5 rings (SSSR count). The molecule has 1 unspecified atom stereocenters. The maximum Gasteiger partial charge on any atom is 0.182 e. The highest BCUT2D eigenvalue weighted by molar-refractivity contribution is 5.82. The zero-order valence-electron chi connectivity index (χ0n) is 14.5. The lowest BCUT2D eigenvalue weighted by molar-refractivity contribution is 0.767. The normalized spacial score (nSPS) is 12.5. The predicted molar refractivity (Wildman–Crippen MR) is 103 cm³/mol. The molecule has 8 nitrogen and oxygen atoms in total. The third-order valence-corrected chi connectivity index (χ3v) is 4.42. The number of pyridine rings is 1. The van der Waals surface area contributed by atoms with Crippen LogP contribution in [0.25, 0.3) is 28.0 Å². The highest BCUT2D eigenvalue weighted by Crippen LogP contribution is 2.27. The van der Waals surface area contributed by atoms with Gasteiger partial charge in [-0.2, -0.15) is 0 Å². The number of fused-ring (bicyclic) bond motifs is 2. The summed E-state index contributed by atoms with van der Waals surface area (Å²) in [6.45, 7) is 2.05. The quantitative estimate of drug-likeness (QED) is 0.513. The maximum absolute atomic E-state index is 4.82. The van der Waals surface area contributed by atoms with Crippen LogP contribution in [0.1, 0.15) is 18.8 Å². The first kappa shape index (κ1) is 15.4. The molecule has 0 saturated heterocycles. The fraction of sp³-hybridized carbons (Fsp3) is 0.105. The summed E-state index contributed by atoms with van der Waals surface area (Å²) in [5, 5.41) is 3.42. The van der Waals surface area contributed by atoms with Crippen molar-refractivity contribution in [3.05, 3.63) is 67.1 Å². The van der Waals surface area contributed by atoms with Crippen LogP contribution in [0.4, 0.5) is 5.82 Å². The smallest absolute Gasteiger partial charge is 0.182 e. The lowest BCUT2D eigenvalue weighted by atomic mass is 10.2. The van der Waals surface area contributed by atoms with Gasteiger partial charge in [0.1, 0.15) is 23.2 Å². The van der Waals surface area contributed by atoms with E-state index in [9.17, 15) is 0 Å². The van der Waals surface area contributed by atoms with Gasteiger partial charge in [-0.25, -0.2) is 24.9 Å². The lowest BCUT2D eigenvalue weighted by Gasteiger charge is -2.16. The average molecular weight is 356 g/mol. The van der Waals surface area contributed by atoms with E-state index in [1.807, 2.05) is 49.4 Å². The summed E-state index contributed by atoms with van der Waals surface area (Å²) >= 11 is 0. The van der Waals surface area contributed by atoms with E-state index in [4.69, 9.17) is 4.98 Å². The zero-order valence-corrected chi connectivity index (χ0v) is 14.5. The van der Waals surface area contributed by atoms with E-state index in [1.54, 1.807) is 12.5 Å². The number of nitrogens with one attached hydrogen (secondary N) is 2. The highest BCUT2D eigenvalue weighted by atomic mass is 15.2. The van der Waals surface area contributed by atoms with Gasteiger partial charge in [-0.3, -0.25) is 4.57 Å². The first-order chi connectivity index (χ1) is 13.3. The van der Waals surface area contributed by atoms with E-state index in [0.717, 1.165) is 28.2 Å². The molecular formula is C19H16N8. The van der Waals surface area contributed by atoms with Gasteiger partial charge in [0.2, 0.25) is 0 Å². The first-order valence-corrected chi connectivity index (χ1v) is 8.60. The van der Waals surface area contributed by atoms with Crippen molar-refractivity contribution in [1.29, 1.82) is 0 Å². The second kappa shape index (κ2) is 6.17. The predicted octanol–water partition coefficient (Wildman–Crippen LogP) is 3.26. The van der Waals surface area contributed by atoms with Crippen molar-refractivity contribution in [1.82, 2.24) is 34.5 Å². The molecule has 27 heavy (non-hydrogen) atoms. The number of para-hydroxylation sites is 1. The number of imidazole rings is 2. The van der Waals surface area contributed by atoms with Crippen molar-refractivity contribution >= 4 is 28.1 Å². The van der Waals surface area contributed by atoms with Gasteiger partial charge in [0.05, 0.1) is 12.4 Å². The molecule has 2 N–H and O–H groups in total. The summed E-state index contributed by atoms with van der Waals surface area (Å²) in [5.74, 6) is 1.53. The van der Waals surface area contributed by atoms with Crippen LogP contribution in [-0.2, 0) is 0 Å². The van der Waals surface area contributed by atoms with E-state index < -0.39 is 0 Å². The standard InChI is InChI=1S/C19H16N8/c1-12(25-17-15-16(22-10-21-15)23-11-24-17)18-26-14-8-5-9-20-19(14)27(18)13-6-3-2-4-7-13/h2-12H,1H3,(H2,21,22,23,24,25). The molecule has 0 aliphatic carbocycles. The van der Waals surface area contributed by atoms with Gasteiger partial charge in [0.15, 0.2) is 17.1 Å². The van der Waals surface area contributed by atoms with Crippen LogP contribution in [0.5, 0.6) is 0 Å². The molecule has 132 valence electrons. The molecule has 8 heteroatoms. The number of hydrogen-bond donors (Lipinski definition) is 2. The number of anilines is 1. The number of rotatable bonds is 4. The van der Waals surface area contributed by atoms with Gasteiger partial charge in [-0.15, -0.1) is 0 Å². The molecule has 0 spiro atoms. The van der Waals surface area contributed by atoms with Crippen molar-refractivity contribution in [2.24, 2.45) is 0 Å². The maximum atomic E-state index is 4.82. The molecule has 0 saturated carbocycles. The number of nitrogens with zero attached hydrogens (tertiary/aromatic N) is 6.